The first kappa shape index (κ1) is 21.1. The number of aromatic hydroxyl groups is 1. The van der Waals surface area contributed by atoms with Gasteiger partial charge in [-0.1, -0.05) is 23.2 Å². The molecule has 2 N–H and O–H groups in total. The lowest BCUT2D eigenvalue weighted by atomic mass is 10.1. The van der Waals surface area contributed by atoms with Gasteiger partial charge in [-0.05, 0) is 37.6 Å². The topological polar surface area (TPSA) is 71.3 Å². The van der Waals surface area contributed by atoms with Crippen molar-refractivity contribution in [2.24, 2.45) is 0 Å². The quantitative estimate of drug-likeness (QED) is 0.622. The minimum absolute atomic E-state index is 0.106. The second kappa shape index (κ2) is 8.00. The fourth-order valence-corrected chi connectivity index (χ4v) is 3.51. The van der Waals surface area contributed by atoms with Crippen LogP contribution in [0.2, 0.25) is 10.0 Å². The number of likely N-dealkylation sites (N-methyl/N-ethyl adjacent to an activating group) is 1. The number of amides is 1. The van der Waals surface area contributed by atoms with E-state index in [1.54, 1.807) is 6.92 Å². The van der Waals surface area contributed by atoms with E-state index in [-0.39, 0.29) is 44.2 Å². The van der Waals surface area contributed by atoms with Crippen molar-refractivity contribution in [1.82, 2.24) is 9.88 Å². The molecule has 0 radical (unpaired) electrons. The van der Waals surface area contributed by atoms with Crippen molar-refractivity contribution in [3.8, 4) is 5.75 Å². The van der Waals surface area contributed by atoms with Crippen LogP contribution in [0.3, 0.4) is 0 Å². The van der Waals surface area contributed by atoms with Crippen LogP contribution in [0.4, 0.5) is 8.78 Å². The number of hydrogen-bond donors (Lipinski definition) is 2. The monoisotopic (exact) mass is 440 g/mol. The van der Waals surface area contributed by atoms with Gasteiger partial charge in [-0.3, -0.25) is 14.2 Å². The average molecular weight is 441 g/mol. The first-order valence-corrected chi connectivity index (χ1v) is 9.40. The van der Waals surface area contributed by atoms with Crippen LogP contribution in [0.15, 0.2) is 24.3 Å². The zero-order valence-electron chi connectivity index (χ0n) is 15.4. The summed E-state index contributed by atoms with van der Waals surface area (Å²) in [4.78, 5) is 25.2. The molecule has 0 atom stereocenters. The predicted octanol–water partition coefficient (Wildman–Crippen LogP) is 4.61. The van der Waals surface area contributed by atoms with Gasteiger partial charge in [0.25, 0.3) is 5.91 Å². The van der Waals surface area contributed by atoms with Gasteiger partial charge in [-0.2, -0.15) is 0 Å². The van der Waals surface area contributed by atoms with Gasteiger partial charge in [0.15, 0.2) is 17.4 Å². The fourth-order valence-electron chi connectivity index (χ4n) is 3.21. The van der Waals surface area contributed by atoms with Crippen molar-refractivity contribution < 1.29 is 23.5 Å². The molecule has 1 aromatic heterocycles. The molecule has 0 spiro atoms. The van der Waals surface area contributed by atoms with Gasteiger partial charge in [-0.15, -0.1) is 0 Å². The third-order valence-corrected chi connectivity index (χ3v) is 5.31. The molecule has 0 aliphatic heterocycles. The SMILES string of the molecule is CCNC(=O)Cc1c(C)n(C(=O)c2ccc(Cl)c(Cl)c2)c2cc(F)c(O)c(F)c12. The fraction of sp³-hybridized carbons (Fsp3) is 0.200. The van der Waals surface area contributed by atoms with Crippen molar-refractivity contribution in [2.45, 2.75) is 20.3 Å². The third-order valence-electron chi connectivity index (χ3n) is 4.57. The number of benzene rings is 2. The van der Waals surface area contributed by atoms with Crippen LogP contribution in [-0.2, 0) is 11.2 Å². The van der Waals surface area contributed by atoms with E-state index in [1.807, 2.05) is 0 Å². The number of phenols is 1. The van der Waals surface area contributed by atoms with Gasteiger partial charge in [0.2, 0.25) is 5.91 Å². The van der Waals surface area contributed by atoms with E-state index in [4.69, 9.17) is 23.2 Å². The molecule has 5 nitrogen and oxygen atoms in total. The highest BCUT2D eigenvalue weighted by Crippen LogP contribution is 2.35. The Balaban J connectivity index is 2.29. The summed E-state index contributed by atoms with van der Waals surface area (Å²) in [5, 5.41) is 12.5. The molecule has 0 saturated heterocycles. The summed E-state index contributed by atoms with van der Waals surface area (Å²) in [6, 6.07) is 5.06. The van der Waals surface area contributed by atoms with Gasteiger partial charge in [0.1, 0.15) is 0 Å². The van der Waals surface area contributed by atoms with E-state index in [0.717, 1.165) is 10.6 Å². The zero-order valence-corrected chi connectivity index (χ0v) is 17.0. The summed E-state index contributed by atoms with van der Waals surface area (Å²) in [7, 11) is 0. The van der Waals surface area contributed by atoms with Crippen molar-refractivity contribution in [1.29, 1.82) is 0 Å². The number of carbonyl (C=O) groups excluding carboxylic acids is 2. The number of rotatable bonds is 4. The van der Waals surface area contributed by atoms with Gasteiger partial charge in [0, 0.05) is 29.3 Å². The second-order valence-electron chi connectivity index (χ2n) is 6.38. The van der Waals surface area contributed by atoms with Crippen LogP contribution < -0.4 is 5.32 Å². The number of halogens is 4. The summed E-state index contributed by atoms with van der Waals surface area (Å²) in [5.41, 5.74) is 0.446. The van der Waals surface area contributed by atoms with Crippen LogP contribution >= 0.6 is 23.2 Å². The first-order valence-electron chi connectivity index (χ1n) is 8.64. The Morgan fingerprint density at radius 2 is 1.86 bits per heavy atom. The lowest BCUT2D eigenvalue weighted by Crippen LogP contribution is -2.25. The van der Waals surface area contributed by atoms with E-state index < -0.39 is 29.2 Å². The maximum atomic E-state index is 14.7. The molecule has 0 unspecified atom stereocenters. The Morgan fingerprint density at radius 1 is 1.17 bits per heavy atom. The molecule has 0 fully saturated rings. The number of aromatic nitrogens is 1. The summed E-state index contributed by atoms with van der Waals surface area (Å²) in [6.07, 6.45) is -0.250. The number of nitrogens with zero attached hydrogens (tertiary/aromatic N) is 1. The number of nitrogens with one attached hydrogen (secondary N) is 1. The molecule has 0 aliphatic carbocycles. The Bertz CT molecular complexity index is 1160. The van der Waals surface area contributed by atoms with E-state index in [9.17, 15) is 23.5 Å². The van der Waals surface area contributed by atoms with Crippen molar-refractivity contribution in [2.75, 3.05) is 6.54 Å². The predicted molar refractivity (Wildman–Crippen MR) is 107 cm³/mol. The van der Waals surface area contributed by atoms with E-state index in [0.29, 0.717) is 6.54 Å². The van der Waals surface area contributed by atoms with Gasteiger partial charge in [0.05, 0.1) is 22.0 Å². The number of carbonyl (C=O) groups is 2. The van der Waals surface area contributed by atoms with Crippen LogP contribution in [0.5, 0.6) is 5.75 Å². The average Bonchev–Trinajstić information content (AvgIpc) is 2.93. The molecule has 2 aromatic carbocycles. The molecule has 0 aliphatic rings. The van der Waals surface area contributed by atoms with Gasteiger partial charge >= 0.3 is 0 Å². The molecule has 1 heterocycles. The molecular formula is C20H16Cl2F2N2O3. The summed E-state index contributed by atoms with van der Waals surface area (Å²) in [5.74, 6) is -4.64. The molecule has 3 aromatic rings. The maximum absolute atomic E-state index is 14.7. The molecule has 0 bridgehead atoms. The first-order chi connectivity index (χ1) is 13.7. The largest absolute Gasteiger partial charge is 0.503 e. The Hall–Kier alpha value is -2.64. The molecule has 152 valence electrons. The number of phenolic OH excluding ortho intramolecular Hbond substituents is 1. The lowest BCUT2D eigenvalue weighted by Gasteiger charge is -2.09. The van der Waals surface area contributed by atoms with Gasteiger partial charge < -0.3 is 10.4 Å². The van der Waals surface area contributed by atoms with E-state index >= 15 is 0 Å². The Morgan fingerprint density at radius 3 is 2.48 bits per heavy atom. The van der Waals surface area contributed by atoms with E-state index in [2.05, 4.69) is 5.32 Å². The second-order valence-corrected chi connectivity index (χ2v) is 7.19. The Labute approximate surface area is 174 Å². The third kappa shape index (κ3) is 3.68. The van der Waals surface area contributed by atoms with Crippen LogP contribution in [0.25, 0.3) is 10.9 Å². The van der Waals surface area contributed by atoms with Crippen LogP contribution in [0.1, 0.15) is 28.5 Å². The summed E-state index contributed by atoms with van der Waals surface area (Å²) < 4.78 is 29.9. The van der Waals surface area contributed by atoms with Crippen molar-refractivity contribution in [3.63, 3.8) is 0 Å². The zero-order chi connectivity index (χ0) is 21.5. The maximum Gasteiger partial charge on any atom is 0.262 e. The molecule has 1 amide bonds. The molecule has 29 heavy (non-hydrogen) atoms. The lowest BCUT2D eigenvalue weighted by molar-refractivity contribution is -0.120. The highest BCUT2D eigenvalue weighted by Gasteiger charge is 2.27. The minimum atomic E-state index is -1.23. The highest BCUT2D eigenvalue weighted by molar-refractivity contribution is 6.42. The summed E-state index contributed by atoms with van der Waals surface area (Å²) in [6.45, 7) is 3.60. The molecule has 0 saturated carbocycles. The smallest absolute Gasteiger partial charge is 0.262 e. The van der Waals surface area contributed by atoms with Crippen molar-refractivity contribution >= 4 is 45.9 Å². The summed E-state index contributed by atoms with van der Waals surface area (Å²) >= 11 is 11.9. The molecular weight excluding hydrogens is 425 g/mol. The van der Waals surface area contributed by atoms with Gasteiger partial charge in [-0.25, -0.2) is 8.78 Å². The molecule has 3 rings (SSSR count). The number of hydrogen-bond acceptors (Lipinski definition) is 3. The normalized spacial score (nSPS) is 11.1. The van der Waals surface area contributed by atoms with E-state index in [1.165, 1.54) is 25.1 Å². The molecule has 9 heteroatoms. The highest BCUT2D eigenvalue weighted by atomic mass is 35.5. The standard InChI is InChI=1S/C20H16Cl2F2N2O3/c1-3-25-16(27)7-11-9(2)26(15-8-14(23)19(28)18(24)17(11)15)20(29)10-4-5-12(21)13(22)6-10/h4-6,8,28H,3,7H2,1-2H3,(H,25,27). The number of fused-ring (bicyclic) bond motifs is 1. The minimum Gasteiger partial charge on any atom is -0.503 e. The Kier molecular flexibility index (Phi) is 5.82. The van der Waals surface area contributed by atoms with Crippen LogP contribution in [0, 0.1) is 18.6 Å². The van der Waals surface area contributed by atoms with Crippen molar-refractivity contribution in [3.05, 3.63) is 62.8 Å². The van der Waals surface area contributed by atoms with Crippen LogP contribution in [-0.4, -0.2) is 28.0 Å².